The number of aliphatic hydroxyl groups excluding tert-OH is 1. The van der Waals surface area contributed by atoms with Gasteiger partial charge < -0.3 is 15.2 Å². The van der Waals surface area contributed by atoms with Crippen molar-refractivity contribution in [1.29, 1.82) is 0 Å². The molecule has 2 unspecified atom stereocenters. The lowest BCUT2D eigenvalue weighted by molar-refractivity contribution is 0.0476. The van der Waals surface area contributed by atoms with Crippen molar-refractivity contribution < 1.29 is 9.84 Å². The molecule has 3 nitrogen and oxygen atoms in total. The summed E-state index contributed by atoms with van der Waals surface area (Å²) in [7, 11) is 0. The molecule has 0 heterocycles. The highest BCUT2D eigenvalue weighted by Gasteiger charge is 2.22. The molecule has 3 heteroatoms. The monoisotopic (exact) mass is 273 g/mol. The van der Waals surface area contributed by atoms with Crippen molar-refractivity contribution >= 4 is 0 Å². The molecule has 0 saturated heterocycles. The third kappa shape index (κ3) is 10.3. The molecule has 0 aromatic rings. The number of nitrogens with one attached hydrogen (secondary N) is 1. The van der Waals surface area contributed by atoms with E-state index in [0.717, 1.165) is 32.3 Å². The summed E-state index contributed by atoms with van der Waals surface area (Å²) in [4.78, 5) is 0. The van der Waals surface area contributed by atoms with E-state index in [1.165, 1.54) is 0 Å². The molecule has 0 aromatic heterocycles. The van der Waals surface area contributed by atoms with E-state index in [2.05, 4.69) is 46.9 Å². The first kappa shape index (κ1) is 18.9. The van der Waals surface area contributed by atoms with Crippen molar-refractivity contribution in [3.63, 3.8) is 0 Å². The fourth-order valence-corrected chi connectivity index (χ4v) is 2.53. The zero-order valence-corrected chi connectivity index (χ0v) is 13.8. The molecule has 0 saturated carbocycles. The van der Waals surface area contributed by atoms with Crippen LogP contribution < -0.4 is 5.32 Å². The summed E-state index contributed by atoms with van der Waals surface area (Å²) in [6, 6.07) is 0.402. The first-order chi connectivity index (χ1) is 8.79. The van der Waals surface area contributed by atoms with Gasteiger partial charge in [0.25, 0.3) is 0 Å². The molecule has 19 heavy (non-hydrogen) atoms. The largest absolute Gasteiger partial charge is 0.394 e. The van der Waals surface area contributed by atoms with Crippen LogP contribution in [-0.2, 0) is 4.74 Å². The molecule has 0 radical (unpaired) electrons. The van der Waals surface area contributed by atoms with Gasteiger partial charge in [-0.2, -0.15) is 0 Å². The van der Waals surface area contributed by atoms with E-state index < -0.39 is 0 Å². The van der Waals surface area contributed by atoms with Crippen LogP contribution in [0.2, 0.25) is 0 Å². The summed E-state index contributed by atoms with van der Waals surface area (Å²) >= 11 is 0. The maximum Gasteiger partial charge on any atom is 0.0610 e. The van der Waals surface area contributed by atoms with E-state index in [-0.39, 0.29) is 12.1 Å². The highest BCUT2D eigenvalue weighted by Crippen LogP contribution is 2.15. The molecule has 0 fully saturated rings. The van der Waals surface area contributed by atoms with Gasteiger partial charge >= 0.3 is 0 Å². The van der Waals surface area contributed by atoms with E-state index in [9.17, 15) is 5.11 Å². The third-order valence-corrected chi connectivity index (χ3v) is 3.31. The summed E-state index contributed by atoms with van der Waals surface area (Å²) in [5.41, 5.74) is -0.155. The average molecular weight is 273 g/mol. The minimum atomic E-state index is -0.155. The standard InChI is InChI=1S/C16H35NO2/c1-13(2)11-15(5)19-10-8-7-9-16(6,12-18)17-14(3)4/h13-15,17-18H,7-12H2,1-6H3. The number of rotatable bonds is 11. The van der Waals surface area contributed by atoms with Gasteiger partial charge in [0.1, 0.15) is 0 Å². The SMILES string of the molecule is CC(C)CC(C)OCCCCC(C)(CO)NC(C)C. The Balaban J connectivity index is 3.72. The van der Waals surface area contributed by atoms with Gasteiger partial charge in [0.2, 0.25) is 0 Å². The van der Waals surface area contributed by atoms with E-state index in [4.69, 9.17) is 4.74 Å². The van der Waals surface area contributed by atoms with Gasteiger partial charge in [-0.3, -0.25) is 0 Å². The minimum absolute atomic E-state index is 0.155. The molecule has 0 spiro atoms. The zero-order valence-electron chi connectivity index (χ0n) is 13.8. The van der Waals surface area contributed by atoms with Crippen molar-refractivity contribution in [1.82, 2.24) is 5.32 Å². The number of ether oxygens (including phenoxy) is 1. The minimum Gasteiger partial charge on any atom is -0.394 e. The second-order valence-electron chi connectivity index (χ2n) is 6.79. The summed E-state index contributed by atoms with van der Waals surface area (Å²) in [6.07, 6.45) is 4.63. The second kappa shape index (κ2) is 9.73. The highest BCUT2D eigenvalue weighted by molar-refractivity contribution is 4.83. The maximum atomic E-state index is 9.48. The van der Waals surface area contributed by atoms with Crippen molar-refractivity contribution in [2.24, 2.45) is 5.92 Å². The topological polar surface area (TPSA) is 41.5 Å². The molecule has 116 valence electrons. The maximum absolute atomic E-state index is 9.48. The van der Waals surface area contributed by atoms with Crippen molar-refractivity contribution in [3.8, 4) is 0 Å². The smallest absolute Gasteiger partial charge is 0.0610 e. The van der Waals surface area contributed by atoms with Crippen LogP contribution in [0.1, 0.15) is 67.2 Å². The van der Waals surface area contributed by atoms with Gasteiger partial charge in [0.15, 0.2) is 0 Å². The Morgan fingerprint density at radius 2 is 1.74 bits per heavy atom. The fraction of sp³-hybridized carbons (Fsp3) is 1.00. The molecule has 2 N–H and O–H groups in total. The highest BCUT2D eigenvalue weighted by atomic mass is 16.5. The number of aliphatic hydroxyl groups is 1. The van der Waals surface area contributed by atoms with Gasteiger partial charge in [-0.1, -0.05) is 27.7 Å². The quantitative estimate of drug-likeness (QED) is 0.567. The Hall–Kier alpha value is -0.120. The molecule has 0 aliphatic carbocycles. The van der Waals surface area contributed by atoms with E-state index in [0.29, 0.717) is 18.1 Å². The molecular weight excluding hydrogens is 238 g/mol. The molecule has 0 rings (SSSR count). The second-order valence-corrected chi connectivity index (χ2v) is 6.79. The van der Waals surface area contributed by atoms with Crippen molar-refractivity contribution in [2.45, 2.75) is 84.9 Å². The third-order valence-electron chi connectivity index (χ3n) is 3.31. The average Bonchev–Trinajstić information content (AvgIpc) is 2.26. The number of hydrogen-bond donors (Lipinski definition) is 2. The summed E-state index contributed by atoms with van der Waals surface area (Å²) in [5, 5.41) is 12.9. The van der Waals surface area contributed by atoms with Gasteiger partial charge in [0, 0.05) is 18.2 Å². The van der Waals surface area contributed by atoms with Gasteiger partial charge in [-0.15, -0.1) is 0 Å². The number of unbranched alkanes of at least 4 members (excludes halogenated alkanes) is 1. The van der Waals surface area contributed by atoms with Crippen LogP contribution in [0.4, 0.5) is 0 Å². The lowest BCUT2D eigenvalue weighted by atomic mass is 9.95. The van der Waals surface area contributed by atoms with Gasteiger partial charge in [0.05, 0.1) is 12.7 Å². The van der Waals surface area contributed by atoms with Gasteiger partial charge in [-0.05, 0) is 45.4 Å². The lowest BCUT2D eigenvalue weighted by Crippen LogP contribution is -2.49. The van der Waals surface area contributed by atoms with E-state index >= 15 is 0 Å². The summed E-state index contributed by atoms with van der Waals surface area (Å²) in [6.45, 7) is 13.9. The molecule has 0 aliphatic heterocycles. The predicted octanol–water partition coefficient (Wildman–Crippen LogP) is 3.36. The first-order valence-corrected chi connectivity index (χ1v) is 7.79. The molecule has 0 aliphatic rings. The summed E-state index contributed by atoms with van der Waals surface area (Å²) < 4.78 is 5.80. The van der Waals surface area contributed by atoms with Crippen molar-refractivity contribution in [2.75, 3.05) is 13.2 Å². The van der Waals surface area contributed by atoms with E-state index in [1.54, 1.807) is 0 Å². The lowest BCUT2D eigenvalue weighted by Gasteiger charge is -2.31. The molecule has 2 atom stereocenters. The van der Waals surface area contributed by atoms with Crippen LogP contribution in [-0.4, -0.2) is 36.0 Å². The van der Waals surface area contributed by atoms with Crippen LogP contribution in [0.15, 0.2) is 0 Å². The normalized spacial score (nSPS) is 16.9. The molecule has 0 bridgehead atoms. The van der Waals surface area contributed by atoms with Crippen LogP contribution in [0.3, 0.4) is 0 Å². The Labute approximate surface area is 120 Å². The Morgan fingerprint density at radius 1 is 1.11 bits per heavy atom. The predicted molar refractivity (Wildman–Crippen MR) is 82.5 cm³/mol. The Morgan fingerprint density at radius 3 is 2.21 bits per heavy atom. The van der Waals surface area contributed by atoms with Crippen LogP contribution >= 0.6 is 0 Å². The van der Waals surface area contributed by atoms with Crippen LogP contribution in [0.25, 0.3) is 0 Å². The molecule has 0 aromatic carbocycles. The van der Waals surface area contributed by atoms with Gasteiger partial charge in [-0.25, -0.2) is 0 Å². The summed E-state index contributed by atoms with van der Waals surface area (Å²) in [5.74, 6) is 0.697. The van der Waals surface area contributed by atoms with Crippen molar-refractivity contribution in [3.05, 3.63) is 0 Å². The Bertz CT molecular complexity index is 219. The Kier molecular flexibility index (Phi) is 9.67. The molecular formula is C16H35NO2. The van der Waals surface area contributed by atoms with Crippen LogP contribution in [0, 0.1) is 5.92 Å². The fourth-order valence-electron chi connectivity index (χ4n) is 2.53. The zero-order chi connectivity index (χ0) is 14.9. The number of hydrogen-bond acceptors (Lipinski definition) is 3. The first-order valence-electron chi connectivity index (χ1n) is 7.79. The van der Waals surface area contributed by atoms with Crippen LogP contribution in [0.5, 0.6) is 0 Å². The van der Waals surface area contributed by atoms with E-state index in [1.807, 2.05) is 0 Å². The molecule has 0 amide bonds.